The first-order valence-corrected chi connectivity index (χ1v) is 10.4. The molecule has 0 saturated heterocycles. The molecule has 0 radical (unpaired) electrons. The lowest BCUT2D eigenvalue weighted by Crippen LogP contribution is -2.42. The molecule has 1 aromatic heterocycles. The number of rotatable bonds is 7. The van der Waals surface area contributed by atoms with Gasteiger partial charge in [-0.05, 0) is 24.5 Å². The third kappa shape index (κ3) is 5.21. The third-order valence-electron chi connectivity index (χ3n) is 4.42. The van der Waals surface area contributed by atoms with Crippen LogP contribution in [0, 0.1) is 0 Å². The van der Waals surface area contributed by atoms with Gasteiger partial charge in [0.2, 0.25) is 0 Å². The monoisotopic (exact) mass is 373 g/mol. The van der Waals surface area contributed by atoms with Crippen LogP contribution < -0.4 is 15.4 Å². The van der Waals surface area contributed by atoms with Crippen molar-refractivity contribution >= 4 is 17.7 Å². The van der Waals surface area contributed by atoms with Gasteiger partial charge in [0.1, 0.15) is 11.5 Å². The summed E-state index contributed by atoms with van der Waals surface area (Å²) in [6, 6.07) is 12.3. The maximum absolute atomic E-state index is 5.76. The average Bonchev–Trinajstić information content (AvgIpc) is 3.19. The van der Waals surface area contributed by atoms with Gasteiger partial charge in [-0.2, -0.15) is 11.8 Å². The second-order valence-electron chi connectivity index (χ2n) is 6.36. The highest BCUT2D eigenvalue weighted by molar-refractivity contribution is 7.99. The molecule has 0 saturated carbocycles. The van der Waals surface area contributed by atoms with E-state index in [4.69, 9.17) is 14.1 Å². The van der Waals surface area contributed by atoms with Gasteiger partial charge in [-0.3, -0.25) is 4.99 Å². The molecule has 2 atom stereocenters. The fourth-order valence-electron chi connectivity index (χ4n) is 2.86. The van der Waals surface area contributed by atoms with Crippen LogP contribution in [-0.4, -0.2) is 37.2 Å². The summed E-state index contributed by atoms with van der Waals surface area (Å²) < 4.78 is 11.2. The first-order chi connectivity index (χ1) is 12.8. The Morgan fingerprint density at radius 2 is 2.19 bits per heavy atom. The van der Waals surface area contributed by atoms with Gasteiger partial charge >= 0.3 is 0 Å². The van der Waals surface area contributed by atoms with Gasteiger partial charge in [0.05, 0.1) is 25.5 Å². The standard InChI is InChI=1S/C20H27N3O2S/c1-15(26-2)14-22-20(21-11-9-16-6-5-12-24-16)23-18-10-13-25-19-8-4-3-7-17(18)19/h3-8,12,15,18H,9-11,13-14H2,1-2H3,(H2,21,22,23). The van der Waals surface area contributed by atoms with Crippen LogP contribution in [0.4, 0.5) is 0 Å². The summed E-state index contributed by atoms with van der Waals surface area (Å²) in [5, 5.41) is 7.52. The fraction of sp³-hybridized carbons (Fsp3) is 0.450. The van der Waals surface area contributed by atoms with Crippen LogP contribution in [0.3, 0.4) is 0 Å². The van der Waals surface area contributed by atoms with Crippen molar-refractivity contribution in [2.45, 2.75) is 31.1 Å². The second-order valence-corrected chi connectivity index (χ2v) is 7.64. The van der Waals surface area contributed by atoms with E-state index in [1.807, 2.05) is 36.0 Å². The number of nitrogens with zero attached hydrogens (tertiary/aromatic N) is 1. The number of ether oxygens (including phenoxy) is 1. The number of thioether (sulfide) groups is 1. The van der Waals surface area contributed by atoms with E-state index in [1.165, 1.54) is 5.56 Å². The Morgan fingerprint density at radius 1 is 1.31 bits per heavy atom. The number of aliphatic imine (C=N–C) groups is 1. The molecule has 1 aliphatic rings. The SMILES string of the molecule is CSC(C)CN=C(NCCc1ccco1)NC1CCOc2ccccc21. The van der Waals surface area contributed by atoms with Crippen LogP contribution in [0.25, 0.3) is 0 Å². The van der Waals surface area contributed by atoms with Crippen LogP contribution in [0.2, 0.25) is 0 Å². The molecule has 2 N–H and O–H groups in total. The van der Waals surface area contributed by atoms with E-state index < -0.39 is 0 Å². The minimum Gasteiger partial charge on any atom is -0.493 e. The number of guanidine groups is 1. The van der Waals surface area contributed by atoms with Crippen molar-refractivity contribution in [1.29, 1.82) is 0 Å². The zero-order chi connectivity index (χ0) is 18.2. The van der Waals surface area contributed by atoms with E-state index in [-0.39, 0.29) is 6.04 Å². The van der Waals surface area contributed by atoms with Gasteiger partial charge in [0, 0.05) is 30.2 Å². The minimum atomic E-state index is 0.208. The normalized spacial score (nSPS) is 17.9. The zero-order valence-corrected chi connectivity index (χ0v) is 16.2. The molecule has 0 spiro atoms. The molecular weight excluding hydrogens is 346 g/mol. The minimum absolute atomic E-state index is 0.208. The smallest absolute Gasteiger partial charge is 0.191 e. The summed E-state index contributed by atoms with van der Waals surface area (Å²) in [5.41, 5.74) is 1.19. The van der Waals surface area contributed by atoms with Crippen molar-refractivity contribution < 1.29 is 9.15 Å². The largest absolute Gasteiger partial charge is 0.493 e. The Morgan fingerprint density at radius 3 is 3.00 bits per heavy atom. The Hall–Kier alpha value is -2.08. The summed E-state index contributed by atoms with van der Waals surface area (Å²) in [6.45, 7) is 4.47. The second kappa shape index (κ2) is 9.57. The molecule has 6 heteroatoms. The summed E-state index contributed by atoms with van der Waals surface area (Å²) in [7, 11) is 0. The van der Waals surface area contributed by atoms with Crippen LogP contribution in [-0.2, 0) is 6.42 Å². The predicted molar refractivity (Wildman–Crippen MR) is 108 cm³/mol. The van der Waals surface area contributed by atoms with Crippen molar-refractivity contribution in [3.8, 4) is 5.75 Å². The number of hydrogen-bond acceptors (Lipinski definition) is 4. The molecule has 2 aromatic rings. The molecule has 140 valence electrons. The Bertz CT molecular complexity index is 703. The van der Waals surface area contributed by atoms with Crippen molar-refractivity contribution in [1.82, 2.24) is 10.6 Å². The van der Waals surface area contributed by atoms with Gasteiger partial charge in [-0.1, -0.05) is 25.1 Å². The number of benzene rings is 1. The highest BCUT2D eigenvalue weighted by Crippen LogP contribution is 2.31. The van der Waals surface area contributed by atoms with E-state index in [1.54, 1.807) is 6.26 Å². The van der Waals surface area contributed by atoms with Crippen LogP contribution >= 0.6 is 11.8 Å². The maximum Gasteiger partial charge on any atom is 0.191 e. The molecule has 0 fully saturated rings. The van der Waals surface area contributed by atoms with E-state index in [2.05, 4.69) is 35.9 Å². The van der Waals surface area contributed by atoms with E-state index in [0.29, 0.717) is 5.25 Å². The molecule has 0 amide bonds. The lowest BCUT2D eigenvalue weighted by atomic mass is 10.0. The number of nitrogens with one attached hydrogen (secondary N) is 2. The van der Waals surface area contributed by atoms with Gasteiger partial charge in [0.25, 0.3) is 0 Å². The van der Waals surface area contributed by atoms with E-state index in [9.17, 15) is 0 Å². The van der Waals surface area contributed by atoms with Crippen LogP contribution in [0.1, 0.15) is 30.7 Å². The number of furan rings is 1. The fourth-order valence-corrected chi connectivity index (χ4v) is 3.09. The Balaban J connectivity index is 1.65. The summed E-state index contributed by atoms with van der Waals surface area (Å²) in [5.74, 6) is 2.79. The molecule has 1 aliphatic heterocycles. The maximum atomic E-state index is 5.76. The quantitative estimate of drug-likeness (QED) is 0.573. The zero-order valence-electron chi connectivity index (χ0n) is 15.4. The first-order valence-electron chi connectivity index (χ1n) is 9.08. The predicted octanol–water partition coefficient (Wildman–Crippen LogP) is 3.63. The molecule has 1 aromatic carbocycles. The lowest BCUT2D eigenvalue weighted by Gasteiger charge is -2.28. The topological polar surface area (TPSA) is 58.8 Å². The summed E-state index contributed by atoms with van der Waals surface area (Å²) >= 11 is 1.83. The van der Waals surface area contributed by atoms with Gasteiger partial charge < -0.3 is 19.8 Å². The summed E-state index contributed by atoms with van der Waals surface area (Å²) in [6.07, 6.45) is 5.58. The highest BCUT2D eigenvalue weighted by atomic mass is 32.2. The number of hydrogen-bond donors (Lipinski definition) is 2. The average molecular weight is 374 g/mol. The summed E-state index contributed by atoms with van der Waals surface area (Å²) in [4.78, 5) is 4.78. The highest BCUT2D eigenvalue weighted by Gasteiger charge is 2.22. The molecule has 0 bridgehead atoms. The number of para-hydroxylation sites is 1. The molecule has 26 heavy (non-hydrogen) atoms. The molecule has 2 heterocycles. The van der Waals surface area contributed by atoms with Crippen molar-refractivity contribution in [3.05, 3.63) is 54.0 Å². The Labute approximate surface area is 159 Å². The third-order valence-corrected chi connectivity index (χ3v) is 5.38. The first kappa shape index (κ1) is 18.7. The molecular formula is C20H27N3O2S. The van der Waals surface area contributed by atoms with Crippen LogP contribution in [0.5, 0.6) is 5.75 Å². The molecule has 2 unspecified atom stereocenters. The van der Waals surface area contributed by atoms with Gasteiger partial charge in [-0.15, -0.1) is 0 Å². The van der Waals surface area contributed by atoms with Gasteiger partial charge in [0.15, 0.2) is 5.96 Å². The van der Waals surface area contributed by atoms with Gasteiger partial charge in [-0.25, -0.2) is 0 Å². The Kier molecular flexibility index (Phi) is 6.89. The van der Waals surface area contributed by atoms with Crippen molar-refractivity contribution in [3.63, 3.8) is 0 Å². The molecule has 3 rings (SSSR count). The van der Waals surface area contributed by atoms with Crippen molar-refractivity contribution in [2.75, 3.05) is 26.0 Å². The number of fused-ring (bicyclic) bond motifs is 1. The lowest BCUT2D eigenvalue weighted by molar-refractivity contribution is 0.261. The van der Waals surface area contributed by atoms with E-state index >= 15 is 0 Å². The van der Waals surface area contributed by atoms with Crippen molar-refractivity contribution in [2.24, 2.45) is 4.99 Å². The van der Waals surface area contributed by atoms with Crippen LogP contribution in [0.15, 0.2) is 52.1 Å². The van der Waals surface area contributed by atoms with E-state index in [0.717, 1.165) is 50.0 Å². The molecule has 5 nitrogen and oxygen atoms in total. The molecule has 0 aliphatic carbocycles.